The Labute approximate surface area is 111 Å². The van der Waals surface area contributed by atoms with Crippen molar-refractivity contribution < 1.29 is 0 Å². The van der Waals surface area contributed by atoms with E-state index in [1.807, 2.05) is 19.1 Å². The zero-order valence-corrected chi connectivity index (χ0v) is 11.0. The van der Waals surface area contributed by atoms with Gasteiger partial charge in [0, 0.05) is 5.69 Å². The summed E-state index contributed by atoms with van der Waals surface area (Å²) in [5.74, 6) is 0.805. The first-order valence-electron chi connectivity index (χ1n) is 6.21. The molecule has 0 fully saturated rings. The number of hydrogen-bond acceptors (Lipinski definition) is 4. The van der Waals surface area contributed by atoms with Gasteiger partial charge in [-0.3, -0.25) is 0 Å². The van der Waals surface area contributed by atoms with Crippen LogP contribution in [0.4, 0.5) is 5.69 Å². The van der Waals surface area contributed by atoms with Crippen molar-refractivity contribution in [2.45, 2.75) is 20.4 Å². The maximum absolute atomic E-state index is 4.41. The lowest BCUT2D eigenvalue weighted by molar-refractivity contribution is 0.812. The topological polar surface area (TPSA) is 55.1 Å². The number of fused-ring (bicyclic) bond motifs is 1. The predicted octanol–water partition coefficient (Wildman–Crippen LogP) is 2.35. The number of nitrogens with zero attached hydrogens (tertiary/aromatic N) is 4. The zero-order chi connectivity index (χ0) is 13.2. The molecule has 96 valence electrons. The van der Waals surface area contributed by atoms with Gasteiger partial charge in [-0.25, -0.2) is 0 Å². The highest BCUT2D eigenvalue weighted by atomic mass is 15.4. The summed E-state index contributed by atoms with van der Waals surface area (Å²) >= 11 is 0. The zero-order valence-electron chi connectivity index (χ0n) is 11.0. The molecule has 3 rings (SSSR count). The van der Waals surface area contributed by atoms with Crippen LogP contribution in [-0.2, 0) is 6.54 Å². The summed E-state index contributed by atoms with van der Waals surface area (Å²) in [5.41, 5.74) is 4.03. The van der Waals surface area contributed by atoms with Crippen LogP contribution >= 0.6 is 0 Å². The van der Waals surface area contributed by atoms with Crippen LogP contribution in [0, 0.1) is 13.8 Å². The van der Waals surface area contributed by atoms with Gasteiger partial charge in [0.25, 0.3) is 0 Å². The van der Waals surface area contributed by atoms with E-state index in [4.69, 9.17) is 0 Å². The lowest BCUT2D eigenvalue weighted by Crippen LogP contribution is -2.06. The SMILES string of the molecule is Cc1ccc(NCc2nnc3ccc(C)nn23)cc1. The largest absolute Gasteiger partial charge is 0.378 e. The second kappa shape index (κ2) is 4.68. The molecule has 1 N–H and O–H groups in total. The fourth-order valence-corrected chi connectivity index (χ4v) is 1.89. The maximum Gasteiger partial charge on any atom is 0.177 e. The summed E-state index contributed by atoms with van der Waals surface area (Å²) < 4.78 is 1.77. The van der Waals surface area contributed by atoms with Crippen LogP contribution in [-0.4, -0.2) is 19.8 Å². The normalized spacial score (nSPS) is 10.8. The van der Waals surface area contributed by atoms with Crippen molar-refractivity contribution in [1.82, 2.24) is 19.8 Å². The van der Waals surface area contributed by atoms with Crippen LogP contribution in [0.5, 0.6) is 0 Å². The molecule has 5 nitrogen and oxygen atoms in total. The number of aromatic nitrogens is 4. The third-order valence-electron chi connectivity index (χ3n) is 2.96. The first kappa shape index (κ1) is 11.6. The molecule has 0 spiro atoms. The highest BCUT2D eigenvalue weighted by molar-refractivity contribution is 5.45. The molecule has 0 saturated heterocycles. The number of aryl methyl sites for hydroxylation is 2. The second-order valence-corrected chi connectivity index (χ2v) is 4.58. The molecule has 0 amide bonds. The van der Waals surface area contributed by atoms with E-state index in [9.17, 15) is 0 Å². The molecule has 0 unspecified atom stereocenters. The van der Waals surface area contributed by atoms with Crippen LogP contribution in [0.25, 0.3) is 5.65 Å². The summed E-state index contributed by atoms with van der Waals surface area (Å²) in [7, 11) is 0. The standard InChI is InChI=1S/C14H15N5/c1-10-3-6-12(7-4-10)15-9-14-17-16-13-8-5-11(2)18-19(13)14/h3-8,15H,9H2,1-2H3. The van der Waals surface area contributed by atoms with Gasteiger partial charge in [-0.2, -0.15) is 9.61 Å². The van der Waals surface area contributed by atoms with Crippen LogP contribution < -0.4 is 5.32 Å². The second-order valence-electron chi connectivity index (χ2n) is 4.58. The molecule has 0 atom stereocenters. The number of rotatable bonds is 3. The summed E-state index contributed by atoms with van der Waals surface area (Å²) in [6.45, 7) is 4.62. The van der Waals surface area contributed by atoms with Crippen LogP contribution in [0.15, 0.2) is 36.4 Å². The first-order chi connectivity index (χ1) is 9.22. The van der Waals surface area contributed by atoms with E-state index in [-0.39, 0.29) is 0 Å². The Balaban J connectivity index is 1.81. The lowest BCUT2D eigenvalue weighted by Gasteiger charge is -2.05. The molecule has 0 bridgehead atoms. The van der Waals surface area contributed by atoms with E-state index >= 15 is 0 Å². The smallest absolute Gasteiger partial charge is 0.177 e. The summed E-state index contributed by atoms with van der Waals surface area (Å²) in [6, 6.07) is 12.1. The first-order valence-corrected chi connectivity index (χ1v) is 6.21. The molecule has 5 heteroatoms. The fourth-order valence-electron chi connectivity index (χ4n) is 1.89. The Kier molecular flexibility index (Phi) is 2.87. The predicted molar refractivity (Wildman–Crippen MR) is 74.0 cm³/mol. The molecule has 0 aliphatic carbocycles. The molecule has 0 saturated carbocycles. The Morgan fingerprint density at radius 3 is 2.58 bits per heavy atom. The maximum atomic E-state index is 4.41. The van der Waals surface area contributed by atoms with E-state index in [0.29, 0.717) is 6.54 Å². The fraction of sp³-hybridized carbons (Fsp3) is 0.214. The third-order valence-corrected chi connectivity index (χ3v) is 2.96. The quantitative estimate of drug-likeness (QED) is 0.778. The highest BCUT2D eigenvalue weighted by Gasteiger charge is 2.06. The molecule has 2 aromatic heterocycles. The Hall–Kier alpha value is -2.43. The molecule has 3 aromatic rings. The van der Waals surface area contributed by atoms with Crippen molar-refractivity contribution in [3.05, 3.63) is 53.5 Å². The minimum Gasteiger partial charge on any atom is -0.378 e. The van der Waals surface area contributed by atoms with Gasteiger partial charge in [-0.1, -0.05) is 17.7 Å². The molecule has 0 radical (unpaired) electrons. The summed E-state index contributed by atoms with van der Waals surface area (Å²) in [5, 5.41) is 16.0. The van der Waals surface area contributed by atoms with Crippen molar-refractivity contribution in [2.75, 3.05) is 5.32 Å². The van der Waals surface area contributed by atoms with Gasteiger partial charge in [0.05, 0.1) is 12.2 Å². The number of anilines is 1. The van der Waals surface area contributed by atoms with Gasteiger partial charge in [-0.15, -0.1) is 10.2 Å². The van der Waals surface area contributed by atoms with E-state index in [1.54, 1.807) is 4.52 Å². The number of hydrogen-bond donors (Lipinski definition) is 1. The van der Waals surface area contributed by atoms with Crippen LogP contribution in [0.1, 0.15) is 17.1 Å². The van der Waals surface area contributed by atoms with E-state index in [1.165, 1.54) is 5.56 Å². The molecular weight excluding hydrogens is 238 g/mol. The Morgan fingerprint density at radius 2 is 1.79 bits per heavy atom. The van der Waals surface area contributed by atoms with Crippen molar-refractivity contribution >= 4 is 11.3 Å². The minimum absolute atomic E-state index is 0.598. The van der Waals surface area contributed by atoms with Gasteiger partial charge in [0.15, 0.2) is 11.5 Å². The highest BCUT2D eigenvalue weighted by Crippen LogP contribution is 2.10. The molecule has 0 aliphatic rings. The summed E-state index contributed by atoms with van der Waals surface area (Å²) in [6.07, 6.45) is 0. The molecule has 2 heterocycles. The Morgan fingerprint density at radius 1 is 1.00 bits per heavy atom. The molecule has 1 aromatic carbocycles. The van der Waals surface area contributed by atoms with Gasteiger partial charge >= 0.3 is 0 Å². The van der Waals surface area contributed by atoms with Crippen LogP contribution in [0.3, 0.4) is 0 Å². The van der Waals surface area contributed by atoms with Crippen molar-refractivity contribution in [2.24, 2.45) is 0 Å². The minimum atomic E-state index is 0.598. The van der Waals surface area contributed by atoms with E-state index in [2.05, 4.69) is 51.8 Å². The lowest BCUT2D eigenvalue weighted by atomic mass is 10.2. The van der Waals surface area contributed by atoms with Gasteiger partial charge < -0.3 is 5.32 Å². The average molecular weight is 253 g/mol. The summed E-state index contributed by atoms with van der Waals surface area (Å²) in [4.78, 5) is 0. The van der Waals surface area contributed by atoms with E-state index in [0.717, 1.165) is 22.9 Å². The van der Waals surface area contributed by atoms with Crippen molar-refractivity contribution in [3.8, 4) is 0 Å². The number of nitrogens with one attached hydrogen (secondary N) is 1. The van der Waals surface area contributed by atoms with Crippen LogP contribution in [0.2, 0.25) is 0 Å². The van der Waals surface area contributed by atoms with Crippen molar-refractivity contribution in [3.63, 3.8) is 0 Å². The molecular formula is C14H15N5. The number of benzene rings is 1. The van der Waals surface area contributed by atoms with Crippen molar-refractivity contribution in [1.29, 1.82) is 0 Å². The van der Waals surface area contributed by atoms with Gasteiger partial charge in [0.1, 0.15) is 0 Å². The van der Waals surface area contributed by atoms with E-state index < -0.39 is 0 Å². The van der Waals surface area contributed by atoms with Gasteiger partial charge in [0.2, 0.25) is 0 Å². The van der Waals surface area contributed by atoms with Gasteiger partial charge in [-0.05, 0) is 38.1 Å². The molecule has 19 heavy (non-hydrogen) atoms. The molecule has 0 aliphatic heterocycles. The average Bonchev–Trinajstić information content (AvgIpc) is 2.80. The Bertz CT molecular complexity index is 699. The third kappa shape index (κ3) is 2.40. The monoisotopic (exact) mass is 253 g/mol.